The Kier molecular flexibility index (Phi) is 7.48. The smallest absolute Gasteiger partial charge is 0.220 e. The third kappa shape index (κ3) is 5.52. The van der Waals surface area contributed by atoms with Gasteiger partial charge in [0.1, 0.15) is 12.4 Å². The topological polar surface area (TPSA) is 102 Å². The molecule has 0 amide bonds. The number of aromatic nitrogens is 3. The van der Waals surface area contributed by atoms with E-state index in [4.69, 9.17) is 10.6 Å². The van der Waals surface area contributed by atoms with E-state index in [-0.39, 0.29) is 17.7 Å². The van der Waals surface area contributed by atoms with Crippen molar-refractivity contribution in [2.75, 3.05) is 45.1 Å². The number of nitrogens with two attached hydrogens (primary N) is 1. The average molecular weight is 490 g/mol. The Morgan fingerprint density at radius 1 is 1.19 bits per heavy atom. The zero-order valence-corrected chi connectivity index (χ0v) is 20.6. The summed E-state index contributed by atoms with van der Waals surface area (Å²) in [5.74, 6) is -0.00192. The summed E-state index contributed by atoms with van der Waals surface area (Å²) in [6, 6.07) is 8.75. The number of nitrogens with one attached hydrogen (secondary N) is 1. The molecule has 3 aromatic rings. The molecule has 1 aliphatic heterocycles. The lowest BCUT2D eigenvalue weighted by Gasteiger charge is -2.28. The first-order valence-corrected chi connectivity index (χ1v) is 12.5. The maximum atomic E-state index is 14.3. The van der Waals surface area contributed by atoms with Gasteiger partial charge in [0.05, 0.1) is 17.1 Å². The highest BCUT2D eigenvalue weighted by Gasteiger charge is 2.30. The minimum absolute atomic E-state index is 0.0326. The Hall–Kier alpha value is -3.43. The summed E-state index contributed by atoms with van der Waals surface area (Å²) < 4.78 is 14.3. The fraction of sp³-hybridized carbons (Fsp3) is 0.407. The molecule has 3 heterocycles. The molecule has 36 heavy (non-hydrogen) atoms. The quantitative estimate of drug-likeness (QED) is 0.388. The molecule has 1 unspecified atom stereocenters. The molecule has 1 fully saturated rings. The van der Waals surface area contributed by atoms with Crippen molar-refractivity contribution in [3.63, 3.8) is 0 Å². The lowest BCUT2D eigenvalue weighted by molar-refractivity contribution is 0.125. The summed E-state index contributed by atoms with van der Waals surface area (Å²) in [6.07, 6.45) is 5.68. The lowest BCUT2D eigenvalue weighted by Crippen LogP contribution is -2.43. The molecule has 1 aliphatic carbocycles. The van der Waals surface area contributed by atoms with Crippen molar-refractivity contribution in [1.29, 1.82) is 0 Å². The molecule has 3 N–H and O–H groups in total. The van der Waals surface area contributed by atoms with E-state index in [2.05, 4.69) is 30.3 Å². The SMILES string of the molecule is Cc1nc(N)nc2c1/C(=N/OCCCN1CCNCC1)CC(c1ccc(F)cc1-c1cccnc1)C2. The number of aryl methyl sites for hydroxylation is 1. The molecule has 9 heteroatoms. The van der Waals surface area contributed by atoms with Crippen molar-refractivity contribution >= 4 is 11.7 Å². The lowest BCUT2D eigenvalue weighted by atomic mass is 9.78. The minimum Gasteiger partial charge on any atom is -0.396 e. The Morgan fingerprint density at radius 3 is 2.86 bits per heavy atom. The fourth-order valence-corrected chi connectivity index (χ4v) is 5.19. The Morgan fingerprint density at radius 2 is 2.06 bits per heavy atom. The van der Waals surface area contributed by atoms with Gasteiger partial charge < -0.3 is 20.8 Å². The van der Waals surface area contributed by atoms with Crippen molar-refractivity contribution in [2.45, 2.75) is 32.1 Å². The second-order valence-electron chi connectivity index (χ2n) is 9.38. The molecule has 1 saturated heterocycles. The maximum Gasteiger partial charge on any atom is 0.220 e. The van der Waals surface area contributed by atoms with E-state index in [0.717, 1.165) is 78.5 Å². The number of pyridine rings is 1. The van der Waals surface area contributed by atoms with E-state index in [1.165, 1.54) is 6.07 Å². The first-order chi connectivity index (χ1) is 17.6. The summed E-state index contributed by atoms with van der Waals surface area (Å²) in [6.45, 7) is 7.67. The molecular weight excluding hydrogens is 457 g/mol. The van der Waals surface area contributed by atoms with Gasteiger partial charge in [-0.15, -0.1) is 0 Å². The molecule has 188 valence electrons. The predicted octanol–water partition coefficient (Wildman–Crippen LogP) is 3.31. The Bertz CT molecular complexity index is 1230. The zero-order valence-electron chi connectivity index (χ0n) is 20.6. The third-order valence-electron chi connectivity index (χ3n) is 6.87. The summed E-state index contributed by atoms with van der Waals surface area (Å²) in [4.78, 5) is 21.4. The number of fused-ring (bicyclic) bond motifs is 1. The number of anilines is 1. The van der Waals surface area contributed by atoms with Gasteiger partial charge in [-0.25, -0.2) is 14.4 Å². The highest BCUT2D eigenvalue weighted by Crippen LogP contribution is 2.38. The van der Waals surface area contributed by atoms with Gasteiger partial charge in [-0.1, -0.05) is 17.3 Å². The van der Waals surface area contributed by atoms with Gasteiger partial charge in [-0.3, -0.25) is 4.98 Å². The second-order valence-corrected chi connectivity index (χ2v) is 9.38. The first-order valence-electron chi connectivity index (χ1n) is 12.5. The summed E-state index contributed by atoms with van der Waals surface area (Å²) in [5.41, 5.74) is 12.1. The Balaban J connectivity index is 1.40. The van der Waals surface area contributed by atoms with Crippen LogP contribution in [-0.4, -0.2) is 64.9 Å². The third-order valence-corrected chi connectivity index (χ3v) is 6.87. The maximum absolute atomic E-state index is 14.3. The number of piperazine rings is 1. The van der Waals surface area contributed by atoms with Crippen LogP contribution in [0.15, 0.2) is 47.9 Å². The molecule has 1 aromatic carbocycles. The molecule has 2 aromatic heterocycles. The molecule has 5 rings (SSSR count). The number of rotatable bonds is 7. The van der Waals surface area contributed by atoms with Crippen LogP contribution in [0, 0.1) is 12.7 Å². The number of halogens is 1. The summed E-state index contributed by atoms with van der Waals surface area (Å²) in [5, 5.41) is 7.95. The van der Waals surface area contributed by atoms with Crippen LogP contribution in [0.3, 0.4) is 0 Å². The predicted molar refractivity (Wildman–Crippen MR) is 138 cm³/mol. The van der Waals surface area contributed by atoms with E-state index >= 15 is 0 Å². The van der Waals surface area contributed by atoms with Gasteiger partial charge in [0.2, 0.25) is 5.95 Å². The number of benzene rings is 1. The van der Waals surface area contributed by atoms with Crippen molar-refractivity contribution < 1.29 is 9.23 Å². The normalized spacial score (nSPS) is 19.3. The number of nitrogens with zero attached hydrogens (tertiary/aromatic N) is 5. The zero-order chi connectivity index (χ0) is 24.9. The fourth-order valence-electron chi connectivity index (χ4n) is 5.19. The van der Waals surface area contributed by atoms with Crippen LogP contribution in [0.2, 0.25) is 0 Å². The monoisotopic (exact) mass is 489 g/mol. The number of hydrogen-bond donors (Lipinski definition) is 2. The highest BCUT2D eigenvalue weighted by atomic mass is 19.1. The molecule has 0 bridgehead atoms. The van der Waals surface area contributed by atoms with Crippen molar-refractivity contribution in [3.8, 4) is 11.1 Å². The van der Waals surface area contributed by atoms with Crippen LogP contribution in [0.1, 0.15) is 41.3 Å². The first kappa shape index (κ1) is 24.3. The van der Waals surface area contributed by atoms with Gasteiger partial charge in [-0.05, 0) is 55.0 Å². The van der Waals surface area contributed by atoms with Crippen LogP contribution in [-0.2, 0) is 11.3 Å². The van der Waals surface area contributed by atoms with Gasteiger partial charge in [0.25, 0.3) is 0 Å². The molecule has 1 atom stereocenters. The molecule has 8 nitrogen and oxygen atoms in total. The van der Waals surface area contributed by atoms with Crippen LogP contribution >= 0.6 is 0 Å². The van der Waals surface area contributed by atoms with Gasteiger partial charge in [0, 0.05) is 62.7 Å². The molecular formula is C27H32FN7O. The van der Waals surface area contributed by atoms with E-state index in [0.29, 0.717) is 19.4 Å². The van der Waals surface area contributed by atoms with Crippen LogP contribution < -0.4 is 11.1 Å². The van der Waals surface area contributed by atoms with Crippen molar-refractivity contribution in [3.05, 3.63) is 71.1 Å². The van der Waals surface area contributed by atoms with Crippen LogP contribution in [0.5, 0.6) is 0 Å². The van der Waals surface area contributed by atoms with E-state index < -0.39 is 0 Å². The van der Waals surface area contributed by atoms with Crippen LogP contribution in [0.4, 0.5) is 10.3 Å². The molecule has 2 aliphatic rings. The molecule has 0 radical (unpaired) electrons. The van der Waals surface area contributed by atoms with Gasteiger partial charge >= 0.3 is 0 Å². The number of nitrogen functional groups attached to an aromatic ring is 1. The number of hydrogen-bond acceptors (Lipinski definition) is 8. The van der Waals surface area contributed by atoms with Gasteiger partial charge in [-0.2, -0.15) is 0 Å². The van der Waals surface area contributed by atoms with Crippen molar-refractivity contribution in [1.82, 2.24) is 25.2 Å². The Labute approximate surface area is 210 Å². The van der Waals surface area contributed by atoms with Crippen molar-refractivity contribution in [2.24, 2.45) is 5.16 Å². The largest absolute Gasteiger partial charge is 0.396 e. The van der Waals surface area contributed by atoms with Crippen LogP contribution in [0.25, 0.3) is 11.1 Å². The minimum atomic E-state index is -0.280. The highest BCUT2D eigenvalue weighted by molar-refractivity contribution is 6.03. The van der Waals surface area contributed by atoms with Gasteiger partial charge in [0.15, 0.2) is 0 Å². The van der Waals surface area contributed by atoms with E-state index in [1.807, 2.05) is 25.1 Å². The van der Waals surface area contributed by atoms with E-state index in [1.54, 1.807) is 18.5 Å². The summed E-state index contributed by atoms with van der Waals surface area (Å²) >= 11 is 0. The molecule has 0 saturated carbocycles. The molecule has 0 spiro atoms. The number of oxime groups is 1. The second kappa shape index (κ2) is 11.1. The average Bonchev–Trinajstić information content (AvgIpc) is 2.89. The summed E-state index contributed by atoms with van der Waals surface area (Å²) in [7, 11) is 0. The standard InChI is InChI=1S/C27H32FN7O/c1-18-26-24(33-27(29)32-18)14-20(15-25(26)34-36-13-3-10-35-11-8-30-9-12-35)22-6-5-21(28)16-23(22)19-4-2-7-31-17-19/h2,4-7,16-17,20,30H,3,8-15H2,1H3,(H2,29,32,33)/b34-25+. The van der Waals surface area contributed by atoms with E-state index in [9.17, 15) is 4.39 Å².